The summed E-state index contributed by atoms with van der Waals surface area (Å²) in [7, 11) is 1.69. The zero-order valence-electron chi connectivity index (χ0n) is 24.1. The molecule has 3 aromatic rings. The topological polar surface area (TPSA) is 45.6 Å². The first-order chi connectivity index (χ1) is 18.7. The summed E-state index contributed by atoms with van der Waals surface area (Å²) in [6.07, 6.45) is 14.9. The normalized spacial score (nSPS) is 12.3. The minimum atomic E-state index is -0.588. The number of pyridine rings is 1. The van der Waals surface area contributed by atoms with Crippen LogP contribution < -0.4 is 4.74 Å². The average molecular weight is 519 g/mol. The molecule has 0 aliphatic heterocycles. The van der Waals surface area contributed by atoms with Gasteiger partial charge in [0.1, 0.15) is 5.75 Å². The van der Waals surface area contributed by atoms with Crippen LogP contribution in [0.1, 0.15) is 103 Å². The van der Waals surface area contributed by atoms with Crippen molar-refractivity contribution in [2.45, 2.75) is 97.0 Å². The van der Waals surface area contributed by atoms with Crippen LogP contribution in [-0.4, -0.2) is 41.7 Å². The number of unbranched alkanes of at least 4 members (excludes halogenated alkanes) is 10. The van der Waals surface area contributed by atoms with Crippen LogP contribution >= 0.6 is 0 Å². The van der Waals surface area contributed by atoms with Crippen molar-refractivity contribution in [3.8, 4) is 17.0 Å². The minimum Gasteiger partial charge on any atom is -0.497 e. The quantitative estimate of drug-likeness (QED) is 0.161. The minimum absolute atomic E-state index is 0.588. The molecule has 38 heavy (non-hydrogen) atoms. The fourth-order valence-electron chi connectivity index (χ4n) is 5.26. The van der Waals surface area contributed by atoms with Crippen molar-refractivity contribution in [3.05, 3.63) is 60.2 Å². The number of hydrogen-bond acceptors (Lipinski definition) is 4. The second kappa shape index (κ2) is 17.2. The van der Waals surface area contributed by atoms with Gasteiger partial charge >= 0.3 is 0 Å². The standard InChI is InChI=1S/C34H50N2O2/c1-4-6-8-10-12-17-23-36(24-18-13-11-9-7-5-2)27-34(37)31-26-33(28-19-15-14-16-20-28)35-32-22-21-29(38-3)25-30(31)32/h14-16,19-22,25-26,34,37H,4-13,17-18,23-24,27H2,1-3H3/t34-/m0/s1. The molecule has 208 valence electrons. The summed E-state index contributed by atoms with van der Waals surface area (Å²) in [5.74, 6) is 0.788. The molecule has 3 rings (SSSR count). The van der Waals surface area contributed by atoms with Crippen LogP contribution in [0.2, 0.25) is 0 Å². The van der Waals surface area contributed by atoms with Crippen LogP contribution in [0.25, 0.3) is 22.2 Å². The first kappa shape index (κ1) is 30.1. The molecule has 4 heteroatoms. The van der Waals surface area contributed by atoms with Crippen molar-refractivity contribution in [2.75, 3.05) is 26.7 Å². The van der Waals surface area contributed by atoms with Gasteiger partial charge in [0.2, 0.25) is 0 Å². The third kappa shape index (κ3) is 9.71. The monoisotopic (exact) mass is 518 g/mol. The summed E-state index contributed by atoms with van der Waals surface area (Å²) in [5.41, 5.74) is 3.79. The number of benzene rings is 2. The van der Waals surface area contributed by atoms with E-state index in [0.717, 1.165) is 46.6 Å². The number of aliphatic hydroxyl groups excluding tert-OH is 1. The largest absolute Gasteiger partial charge is 0.497 e. The number of fused-ring (bicyclic) bond motifs is 1. The predicted molar refractivity (Wildman–Crippen MR) is 162 cm³/mol. The Hall–Kier alpha value is -2.43. The van der Waals surface area contributed by atoms with E-state index in [9.17, 15) is 5.11 Å². The first-order valence-corrected chi connectivity index (χ1v) is 15.1. The third-order valence-corrected chi connectivity index (χ3v) is 7.56. The Bertz CT molecular complexity index is 1040. The van der Waals surface area contributed by atoms with Gasteiger partial charge in [0.25, 0.3) is 0 Å². The number of nitrogens with zero attached hydrogens (tertiary/aromatic N) is 2. The zero-order chi connectivity index (χ0) is 27.0. The summed E-state index contributed by atoms with van der Waals surface area (Å²) < 4.78 is 5.52. The van der Waals surface area contributed by atoms with Gasteiger partial charge in [-0.05, 0) is 55.8 Å². The average Bonchev–Trinajstić information content (AvgIpc) is 2.95. The van der Waals surface area contributed by atoms with Crippen LogP contribution in [-0.2, 0) is 0 Å². The van der Waals surface area contributed by atoms with Crippen LogP contribution in [0, 0.1) is 0 Å². The second-order valence-corrected chi connectivity index (χ2v) is 10.7. The summed E-state index contributed by atoms with van der Waals surface area (Å²) in [6.45, 7) is 7.29. The maximum Gasteiger partial charge on any atom is 0.119 e. The lowest BCUT2D eigenvalue weighted by Gasteiger charge is -2.26. The number of aromatic nitrogens is 1. The Morgan fingerprint density at radius 1 is 0.763 bits per heavy atom. The van der Waals surface area contributed by atoms with Gasteiger partial charge < -0.3 is 14.7 Å². The number of aliphatic hydroxyl groups is 1. The molecule has 4 nitrogen and oxygen atoms in total. The molecule has 0 aliphatic carbocycles. The molecule has 0 fully saturated rings. The molecule has 0 amide bonds. The molecule has 1 N–H and O–H groups in total. The molecule has 2 aromatic carbocycles. The molecule has 0 unspecified atom stereocenters. The number of rotatable bonds is 19. The molecule has 1 atom stereocenters. The van der Waals surface area contributed by atoms with E-state index in [1.165, 1.54) is 77.0 Å². The first-order valence-electron chi connectivity index (χ1n) is 15.1. The van der Waals surface area contributed by atoms with E-state index in [0.29, 0.717) is 6.54 Å². The number of methoxy groups -OCH3 is 1. The molecule has 0 radical (unpaired) electrons. The van der Waals surface area contributed by atoms with E-state index < -0.39 is 6.10 Å². The van der Waals surface area contributed by atoms with Crippen molar-refractivity contribution in [2.24, 2.45) is 0 Å². The lowest BCUT2D eigenvalue weighted by atomic mass is 9.99. The van der Waals surface area contributed by atoms with E-state index in [1.54, 1.807) is 7.11 Å². The maximum atomic E-state index is 11.7. The van der Waals surface area contributed by atoms with Gasteiger partial charge in [-0.15, -0.1) is 0 Å². The number of ether oxygens (including phenoxy) is 1. The highest BCUT2D eigenvalue weighted by Gasteiger charge is 2.19. The van der Waals surface area contributed by atoms with Crippen LogP contribution in [0.15, 0.2) is 54.6 Å². The summed E-state index contributed by atoms with van der Waals surface area (Å²) in [5, 5.41) is 12.6. The van der Waals surface area contributed by atoms with E-state index in [-0.39, 0.29) is 0 Å². The van der Waals surface area contributed by atoms with Crippen LogP contribution in [0.5, 0.6) is 5.75 Å². The zero-order valence-corrected chi connectivity index (χ0v) is 24.1. The van der Waals surface area contributed by atoms with E-state index in [1.807, 2.05) is 36.4 Å². The van der Waals surface area contributed by atoms with Crippen molar-refractivity contribution < 1.29 is 9.84 Å². The van der Waals surface area contributed by atoms with Gasteiger partial charge in [-0.3, -0.25) is 0 Å². The molecule has 0 saturated heterocycles. The van der Waals surface area contributed by atoms with Gasteiger partial charge in [0.05, 0.1) is 24.4 Å². The maximum absolute atomic E-state index is 11.7. The molecule has 0 aliphatic rings. The van der Waals surface area contributed by atoms with Gasteiger partial charge in [0, 0.05) is 17.5 Å². The van der Waals surface area contributed by atoms with Crippen molar-refractivity contribution in [1.82, 2.24) is 9.88 Å². The predicted octanol–water partition coefficient (Wildman–Crippen LogP) is 8.97. The van der Waals surface area contributed by atoms with Crippen molar-refractivity contribution >= 4 is 10.9 Å². The van der Waals surface area contributed by atoms with Crippen molar-refractivity contribution in [1.29, 1.82) is 0 Å². The molecule has 0 bridgehead atoms. The van der Waals surface area contributed by atoms with Crippen LogP contribution in [0.3, 0.4) is 0 Å². The molecular weight excluding hydrogens is 468 g/mol. The second-order valence-electron chi connectivity index (χ2n) is 10.7. The van der Waals surface area contributed by atoms with Gasteiger partial charge in [0.15, 0.2) is 0 Å². The van der Waals surface area contributed by atoms with E-state index in [4.69, 9.17) is 9.72 Å². The smallest absolute Gasteiger partial charge is 0.119 e. The van der Waals surface area contributed by atoms with Crippen molar-refractivity contribution in [3.63, 3.8) is 0 Å². The van der Waals surface area contributed by atoms with E-state index in [2.05, 4.69) is 36.9 Å². The molecule has 0 spiro atoms. The highest BCUT2D eigenvalue weighted by atomic mass is 16.5. The lowest BCUT2D eigenvalue weighted by molar-refractivity contribution is 0.111. The van der Waals surface area contributed by atoms with Crippen LogP contribution in [0.4, 0.5) is 0 Å². The molecule has 0 saturated carbocycles. The number of hydrogen-bond donors (Lipinski definition) is 1. The SMILES string of the molecule is CCCCCCCCN(CCCCCCCC)C[C@H](O)c1cc(-c2ccccc2)nc2ccc(OC)cc12. The summed E-state index contributed by atoms with van der Waals surface area (Å²) in [6, 6.07) is 18.3. The lowest BCUT2D eigenvalue weighted by Crippen LogP contribution is -2.31. The Morgan fingerprint density at radius 3 is 1.97 bits per heavy atom. The Morgan fingerprint density at radius 2 is 1.37 bits per heavy atom. The summed E-state index contributed by atoms with van der Waals surface area (Å²) in [4.78, 5) is 7.43. The fraction of sp³-hybridized carbons (Fsp3) is 0.559. The highest BCUT2D eigenvalue weighted by Crippen LogP contribution is 2.31. The molecular formula is C34H50N2O2. The molecule has 1 aromatic heterocycles. The van der Waals surface area contributed by atoms with Gasteiger partial charge in [-0.25, -0.2) is 4.98 Å². The Balaban J connectivity index is 1.77. The Labute approximate surface area is 231 Å². The molecule has 1 heterocycles. The Kier molecular flexibility index (Phi) is 13.6. The fourth-order valence-corrected chi connectivity index (χ4v) is 5.26. The summed E-state index contributed by atoms with van der Waals surface area (Å²) >= 11 is 0. The third-order valence-electron chi connectivity index (χ3n) is 7.56. The highest BCUT2D eigenvalue weighted by molar-refractivity contribution is 5.86. The van der Waals surface area contributed by atoms with Gasteiger partial charge in [-0.2, -0.15) is 0 Å². The van der Waals surface area contributed by atoms with E-state index >= 15 is 0 Å². The van der Waals surface area contributed by atoms with Gasteiger partial charge in [-0.1, -0.05) is 108 Å².